The molecule has 0 unspecified atom stereocenters. The highest BCUT2D eigenvalue weighted by atomic mass is 16.6. The van der Waals surface area contributed by atoms with E-state index in [4.69, 9.17) is 9.47 Å². The first kappa shape index (κ1) is 48.6. The number of hydrogen-bond donors (Lipinski definition) is 1. The Labute approximate surface area is 315 Å². The van der Waals surface area contributed by atoms with Gasteiger partial charge in [0.25, 0.3) is 0 Å². The summed E-state index contributed by atoms with van der Waals surface area (Å²) in [5.74, 6) is -0.625. The Morgan fingerprint density at radius 1 is 0.471 bits per heavy atom. The van der Waals surface area contributed by atoms with Crippen molar-refractivity contribution in [1.82, 2.24) is 0 Å². The number of rotatable bonds is 38. The molecule has 0 heterocycles. The maximum absolute atomic E-state index is 12.2. The lowest BCUT2D eigenvalue weighted by molar-refractivity contribution is -0.161. The van der Waals surface area contributed by atoms with Gasteiger partial charge in [-0.05, 0) is 57.8 Å². The van der Waals surface area contributed by atoms with E-state index >= 15 is 0 Å². The predicted molar refractivity (Wildman–Crippen MR) is 219 cm³/mol. The Morgan fingerprint density at radius 3 is 1.27 bits per heavy atom. The van der Waals surface area contributed by atoms with E-state index in [-0.39, 0.29) is 25.2 Å². The molecule has 0 bridgehead atoms. The van der Waals surface area contributed by atoms with Crippen LogP contribution in [0.1, 0.15) is 200 Å². The molecule has 0 aliphatic heterocycles. The summed E-state index contributed by atoms with van der Waals surface area (Å²) in [6, 6.07) is 0. The van der Waals surface area contributed by atoms with Crippen LogP contribution in [0.15, 0.2) is 60.8 Å². The van der Waals surface area contributed by atoms with Crippen LogP contribution in [0.4, 0.5) is 0 Å². The fraction of sp³-hybridized carbons (Fsp3) is 0.739. The summed E-state index contributed by atoms with van der Waals surface area (Å²) in [5.41, 5.74) is 0. The predicted octanol–water partition coefficient (Wildman–Crippen LogP) is 13.6. The van der Waals surface area contributed by atoms with Crippen LogP contribution in [0, 0.1) is 0 Å². The molecular formula is C46H80O5. The fourth-order valence-electron chi connectivity index (χ4n) is 5.87. The van der Waals surface area contributed by atoms with E-state index in [1.54, 1.807) is 0 Å². The summed E-state index contributed by atoms with van der Waals surface area (Å²) in [7, 11) is 0. The first-order chi connectivity index (χ1) is 25.1. The van der Waals surface area contributed by atoms with Crippen LogP contribution in [0.3, 0.4) is 0 Å². The number of carbonyl (C=O) groups is 2. The van der Waals surface area contributed by atoms with Gasteiger partial charge in [0.15, 0.2) is 6.10 Å². The Kier molecular flexibility index (Phi) is 40.0. The first-order valence-corrected chi connectivity index (χ1v) is 21.3. The highest BCUT2D eigenvalue weighted by Gasteiger charge is 2.16. The summed E-state index contributed by atoms with van der Waals surface area (Å²) in [4.78, 5) is 24.3. The lowest BCUT2D eigenvalue weighted by Gasteiger charge is -2.15. The van der Waals surface area contributed by atoms with Crippen LogP contribution < -0.4 is 0 Å². The van der Waals surface area contributed by atoms with E-state index in [2.05, 4.69) is 74.6 Å². The second kappa shape index (κ2) is 42.0. The second-order valence-corrected chi connectivity index (χ2v) is 14.0. The molecule has 0 aromatic heterocycles. The lowest BCUT2D eigenvalue weighted by atomic mass is 10.0. The lowest BCUT2D eigenvalue weighted by Crippen LogP contribution is -2.28. The summed E-state index contributed by atoms with van der Waals surface area (Å²) in [6.45, 7) is 4.01. The van der Waals surface area contributed by atoms with Crippen LogP contribution in [0.2, 0.25) is 0 Å². The molecule has 5 heteroatoms. The van der Waals surface area contributed by atoms with Crippen molar-refractivity contribution >= 4 is 11.9 Å². The molecule has 1 atom stereocenters. The van der Waals surface area contributed by atoms with Crippen molar-refractivity contribution in [2.45, 2.75) is 206 Å². The molecule has 1 N–H and O–H groups in total. The number of esters is 2. The molecule has 0 aliphatic carbocycles. The van der Waals surface area contributed by atoms with Gasteiger partial charge < -0.3 is 14.6 Å². The van der Waals surface area contributed by atoms with E-state index in [0.29, 0.717) is 12.8 Å². The molecule has 51 heavy (non-hydrogen) atoms. The standard InChI is InChI=1S/C46H80O5/c1-3-5-7-9-11-13-15-17-19-21-23-25-27-29-31-33-35-37-39-41-46(49)51-44(42-47)43-50-45(48)40-38-36-34-32-30-28-26-24-22-20-18-16-14-12-10-8-6-4-2/h5,7,11,13,17,19,23,25,29,31,44,47H,3-4,6,8-10,12,14-16,18,20-22,24,26-28,30,32-43H2,1-2H3/b7-5-,13-11-,19-17-,25-23-,31-29-/t44-/m0/s1. The highest BCUT2D eigenvalue weighted by molar-refractivity contribution is 5.70. The van der Waals surface area contributed by atoms with Crippen molar-refractivity contribution in [3.05, 3.63) is 60.8 Å². The largest absolute Gasteiger partial charge is 0.462 e. The van der Waals surface area contributed by atoms with E-state index in [1.165, 1.54) is 96.3 Å². The molecule has 294 valence electrons. The highest BCUT2D eigenvalue weighted by Crippen LogP contribution is 2.15. The number of carbonyl (C=O) groups excluding carboxylic acids is 2. The van der Waals surface area contributed by atoms with Crippen molar-refractivity contribution in [1.29, 1.82) is 0 Å². The zero-order chi connectivity index (χ0) is 37.1. The van der Waals surface area contributed by atoms with Crippen LogP contribution in [-0.2, 0) is 19.1 Å². The summed E-state index contributed by atoms with van der Waals surface area (Å²) in [5, 5.41) is 9.57. The van der Waals surface area contributed by atoms with Crippen LogP contribution in [0.25, 0.3) is 0 Å². The van der Waals surface area contributed by atoms with Crippen molar-refractivity contribution in [3.63, 3.8) is 0 Å². The molecule has 0 aromatic rings. The van der Waals surface area contributed by atoms with Gasteiger partial charge in [0.05, 0.1) is 6.61 Å². The smallest absolute Gasteiger partial charge is 0.306 e. The molecule has 0 amide bonds. The van der Waals surface area contributed by atoms with Crippen molar-refractivity contribution in [2.75, 3.05) is 13.2 Å². The minimum Gasteiger partial charge on any atom is -0.462 e. The molecule has 0 saturated carbocycles. The van der Waals surface area contributed by atoms with E-state index < -0.39 is 6.10 Å². The molecule has 0 fully saturated rings. The van der Waals surface area contributed by atoms with Crippen molar-refractivity contribution in [2.24, 2.45) is 0 Å². The first-order valence-electron chi connectivity index (χ1n) is 21.3. The molecule has 0 saturated heterocycles. The summed E-state index contributed by atoms with van der Waals surface area (Å²) in [6.07, 6.45) is 54.3. The minimum absolute atomic E-state index is 0.0792. The third kappa shape index (κ3) is 40.2. The number of aliphatic hydroxyl groups is 1. The van der Waals surface area contributed by atoms with Crippen LogP contribution in [-0.4, -0.2) is 36.4 Å². The quantitative estimate of drug-likeness (QED) is 0.0392. The van der Waals surface area contributed by atoms with Gasteiger partial charge in [0.2, 0.25) is 0 Å². The van der Waals surface area contributed by atoms with E-state index in [0.717, 1.165) is 77.0 Å². The molecule has 0 radical (unpaired) electrons. The van der Waals surface area contributed by atoms with Gasteiger partial charge in [0.1, 0.15) is 6.61 Å². The Morgan fingerprint density at radius 2 is 0.843 bits per heavy atom. The molecular weight excluding hydrogens is 633 g/mol. The molecule has 0 spiro atoms. The van der Waals surface area contributed by atoms with Gasteiger partial charge in [-0.25, -0.2) is 0 Å². The molecule has 0 aliphatic rings. The Bertz CT molecular complexity index is 899. The monoisotopic (exact) mass is 713 g/mol. The van der Waals surface area contributed by atoms with Gasteiger partial charge in [-0.1, -0.05) is 190 Å². The SMILES string of the molecule is CC/C=C\C/C=C\C/C=C\C/C=C\C/C=C\CCCCCC(=O)O[C@@H](CO)COC(=O)CCCCCCCCCCCCCCCCCCCC. The summed E-state index contributed by atoms with van der Waals surface area (Å²) < 4.78 is 10.6. The minimum atomic E-state index is -0.789. The van der Waals surface area contributed by atoms with Crippen molar-refractivity contribution in [3.8, 4) is 0 Å². The maximum atomic E-state index is 12.2. The van der Waals surface area contributed by atoms with Gasteiger partial charge in [-0.2, -0.15) is 0 Å². The van der Waals surface area contributed by atoms with Gasteiger partial charge in [0, 0.05) is 12.8 Å². The third-order valence-electron chi connectivity index (χ3n) is 9.08. The zero-order valence-corrected chi connectivity index (χ0v) is 33.4. The number of unbranched alkanes of at least 4 members (excludes halogenated alkanes) is 20. The van der Waals surface area contributed by atoms with Gasteiger partial charge in [-0.3, -0.25) is 9.59 Å². The molecule has 5 nitrogen and oxygen atoms in total. The topological polar surface area (TPSA) is 72.8 Å². The average Bonchev–Trinajstić information content (AvgIpc) is 3.13. The number of aliphatic hydroxyl groups excluding tert-OH is 1. The number of ether oxygens (including phenoxy) is 2. The molecule has 0 rings (SSSR count). The summed E-state index contributed by atoms with van der Waals surface area (Å²) >= 11 is 0. The van der Waals surface area contributed by atoms with Crippen LogP contribution in [0.5, 0.6) is 0 Å². The number of allylic oxidation sites excluding steroid dienone is 10. The Hall–Kier alpha value is -2.40. The fourth-order valence-corrected chi connectivity index (χ4v) is 5.87. The Balaban J connectivity index is 3.60. The van der Waals surface area contributed by atoms with Crippen molar-refractivity contribution < 1.29 is 24.2 Å². The van der Waals surface area contributed by atoms with Gasteiger partial charge >= 0.3 is 11.9 Å². The average molecular weight is 713 g/mol. The van der Waals surface area contributed by atoms with Gasteiger partial charge in [-0.15, -0.1) is 0 Å². The number of hydrogen-bond acceptors (Lipinski definition) is 5. The van der Waals surface area contributed by atoms with E-state index in [1.807, 2.05) is 0 Å². The third-order valence-corrected chi connectivity index (χ3v) is 9.08. The maximum Gasteiger partial charge on any atom is 0.306 e. The zero-order valence-electron chi connectivity index (χ0n) is 33.4. The second-order valence-electron chi connectivity index (χ2n) is 14.0. The van der Waals surface area contributed by atoms with E-state index in [9.17, 15) is 14.7 Å². The normalized spacial score (nSPS) is 12.8. The molecule has 0 aromatic carbocycles. The van der Waals surface area contributed by atoms with Crippen LogP contribution >= 0.6 is 0 Å².